The van der Waals surface area contributed by atoms with Gasteiger partial charge in [0.15, 0.2) is 11.9 Å². The minimum absolute atomic E-state index is 0.0522. The van der Waals surface area contributed by atoms with Crippen molar-refractivity contribution in [1.29, 1.82) is 0 Å². The molecule has 0 aromatic carbocycles. The van der Waals surface area contributed by atoms with Crippen molar-refractivity contribution in [3.63, 3.8) is 0 Å². The van der Waals surface area contributed by atoms with Crippen LogP contribution in [0.25, 0.3) is 0 Å². The minimum Gasteiger partial charge on any atom is -0.481 e. The van der Waals surface area contributed by atoms with E-state index in [4.69, 9.17) is 9.84 Å². The van der Waals surface area contributed by atoms with Gasteiger partial charge in [0.1, 0.15) is 0 Å². The molecule has 0 spiro atoms. The Bertz CT molecular complexity index is 660. The Morgan fingerprint density at radius 1 is 1.26 bits per heavy atom. The molecule has 2 rings (SSSR count). The summed E-state index contributed by atoms with van der Waals surface area (Å²) in [4.78, 5) is 35.8. The predicted octanol–water partition coefficient (Wildman–Crippen LogP) is 4.54. The highest BCUT2D eigenvalue weighted by Crippen LogP contribution is 2.60. The van der Waals surface area contributed by atoms with E-state index in [1.807, 2.05) is 13.8 Å². The summed E-state index contributed by atoms with van der Waals surface area (Å²) in [7, 11) is 0. The second-order valence-corrected chi connectivity index (χ2v) is 9.48. The molecule has 0 unspecified atom stereocenters. The van der Waals surface area contributed by atoms with Crippen LogP contribution in [0, 0.1) is 22.7 Å². The molecule has 0 bridgehead atoms. The highest BCUT2D eigenvalue weighted by atomic mass is 16.5. The van der Waals surface area contributed by atoms with Crippen LogP contribution in [0.3, 0.4) is 0 Å². The van der Waals surface area contributed by atoms with Crippen LogP contribution in [-0.2, 0) is 19.1 Å². The first-order chi connectivity index (χ1) is 12.4. The average molecular weight is 379 g/mol. The van der Waals surface area contributed by atoms with Crippen molar-refractivity contribution in [2.45, 2.75) is 86.2 Å². The molecular weight excluding hydrogens is 344 g/mol. The van der Waals surface area contributed by atoms with Gasteiger partial charge in [0.2, 0.25) is 0 Å². The molecule has 27 heavy (non-hydrogen) atoms. The molecular formula is C22H34O5. The van der Waals surface area contributed by atoms with E-state index in [1.165, 1.54) is 6.92 Å². The number of carboxylic acids is 1. The molecule has 0 heterocycles. The number of Topliss-reactive ketones (excluding diaryl/α,β-unsaturated/α-hetero) is 1. The van der Waals surface area contributed by atoms with Crippen molar-refractivity contribution in [2.75, 3.05) is 0 Å². The number of aliphatic carboxylic acids is 1. The van der Waals surface area contributed by atoms with Crippen LogP contribution in [0.1, 0.15) is 80.1 Å². The third kappa shape index (κ3) is 4.27. The first kappa shape index (κ1) is 21.6. The topological polar surface area (TPSA) is 80.7 Å². The smallest absolute Gasteiger partial charge is 0.303 e. The Hall–Kier alpha value is -1.65. The summed E-state index contributed by atoms with van der Waals surface area (Å²) in [5, 5.41) is 9.03. The number of fused-ring (bicyclic) bond motifs is 1. The van der Waals surface area contributed by atoms with E-state index < -0.39 is 18.0 Å². The van der Waals surface area contributed by atoms with E-state index in [0.29, 0.717) is 5.57 Å². The molecule has 152 valence electrons. The molecule has 0 saturated heterocycles. The SMILES string of the molecule is CC(=O)O[C@@H]1C(=O)C(C)=C(CC[C@@H](C)CC(=O)O)[C@@]2(C)CCCC(C)(C)[C@H]12. The van der Waals surface area contributed by atoms with Gasteiger partial charge in [0.25, 0.3) is 0 Å². The minimum atomic E-state index is -0.786. The van der Waals surface area contributed by atoms with E-state index in [1.54, 1.807) is 0 Å². The van der Waals surface area contributed by atoms with Gasteiger partial charge in [0, 0.05) is 19.3 Å². The zero-order valence-corrected chi connectivity index (χ0v) is 17.6. The Morgan fingerprint density at radius 3 is 2.44 bits per heavy atom. The summed E-state index contributed by atoms with van der Waals surface area (Å²) in [5.74, 6) is -1.27. The molecule has 1 saturated carbocycles. The summed E-state index contributed by atoms with van der Waals surface area (Å²) in [6.07, 6.45) is 3.93. The fraction of sp³-hybridized carbons (Fsp3) is 0.773. The standard InChI is InChI=1S/C22H34O5/c1-13(12-17(24)25)8-9-16-14(2)18(26)19(27-15(3)23)20-21(4,5)10-7-11-22(16,20)6/h13,19-20H,7-12H2,1-6H3,(H,24,25)/t13-,19-,20+,22-/m1/s1. The quantitative estimate of drug-likeness (QED) is 0.686. The maximum Gasteiger partial charge on any atom is 0.303 e. The molecule has 0 aliphatic heterocycles. The zero-order chi connectivity index (χ0) is 20.6. The number of carbonyl (C=O) groups is 3. The lowest BCUT2D eigenvalue weighted by Gasteiger charge is -2.56. The third-order valence-electron chi connectivity index (χ3n) is 6.82. The zero-order valence-electron chi connectivity index (χ0n) is 17.6. The molecule has 0 aromatic heterocycles. The predicted molar refractivity (Wildman–Crippen MR) is 103 cm³/mol. The average Bonchev–Trinajstić information content (AvgIpc) is 2.49. The number of rotatable bonds is 6. The second-order valence-electron chi connectivity index (χ2n) is 9.48. The van der Waals surface area contributed by atoms with Gasteiger partial charge < -0.3 is 9.84 Å². The highest BCUT2D eigenvalue weighted by molar-refractivity contribution is 6.01. The van der Waals surface area contributed by atoms with Gasteiger partial charge in [-0.3, -0.25) is 14.4 Å². The molecule has 2 aliphatic carbocycles. The number of ether oxygens (including phenoxy) is 1. The van der Waals surface area contributed by atoms with Gasteiger partial charge in [-0.05, 0) is 54.9 Å². The second kappa shape index (κ2) is 7.76. The maximum absolute atomic E-state index is 13.1. The molecule has 1 N–H and O–H groups in total. The van der Waals surface area contributed by atoms with E-state index in [2.05, 4.69) is 20.8 Å². The number of allylic oxidation sites excluding steroid dienone is 1. The van der Waals surface area contributed by atoms with Gasteiger partial charge in [-0.25, -0.2) is 0 Å². The Morgan fingerprint density at radius 2 is 1.89 bits per heavy atom. The Kier molecular flexibility index (Phi) is 6.23. The number of ketones is 1. The summed E-state index contributed by atoms with van der Waals surface area (Å²) >= 11 is 0. The summed E-state index contributed by atoms with van der Waals surface area (Å²) in [5.41, 5.74) is 1.54. The van der Waals surface area contributed by atoms with Gasteiger partial charge in [0.05, 0.1) is 0 Å². The highest BCUT2D eigenvalue weighted by Gasteiger charge is 2.58. The lowest BCUT2D eigenvalue weighted by molar-refractivity contribution is -0.167. The number of hydrogen-bond donors (Lipinski definition) is 1. The molecule has 5 heteroatoms. The third-order valence-corrected chi connectivity index (χ3v) is 6.82. The monoisotopic (exact) mass is 378 g/mol. The fourth-order valence-electron chi connectivity index (χ4n) is 5.67. The van der Waals surface area contributed by atoms with Crippen LogP contribution in [-0.4, -0.2) is 28.9 Å². The first-order valence-electron chi connectivity index (χ1n) is 10.0. The van der Waals surface area contributed by atoms with Crippen LogP contribution in [0.2, 0.25) is 0 Å². The van der Waals surface area contributed by atoms with E-state index in [-0.39, 0.29) is 34.9 Å². The van der Waals surface area contributed by atoms with Crippen molar-refractivity contribution < 1.29 is 24.2 Å². The largest absolute Gasteiger partial charge is 0.481 e. The summed E-state index contributed by atoms with van der Waals surface area (Å²) < 4.78 is 5.57. The van der Waals surface area contributed by atoms with Crippen LogP contribution in [0.15, 0.2) is 11.1 Å². The van der Waals surface area contributed by atoms with Crippen LogP contribution < -0.4 is 0 Å². The van der Waals surface area contributed by atoms with Crippen molar-refractivity contribution in [3.05, 3.63) is 11.1 Å². The van der Waals surface area contributed by atoms with Gasteiger partial charge in [-0.2, -0.15) is 0 Å². The molecule has 5 nitrogen and oxygen atoms in total. The lowest BCUT2D eigenvalue weighted by atomic mass is 9.48. The molecule has 2 aliphatic rings. The van der Waals surface area contributed by atoms with Crippen LogP contribution >= 0.6 is 0 Å². The van der Waals surface area contributed by atoms with E-state index in [9.17, 15) is 14.4 Å². The van der Waals surface area contributed by atoms with Gasteiger partial charge >= 0.3 is 11.9 Å². The molecule has 1 fully saturated rings. The maximum atomic E-state index is 13.1. The van der Waals surface area contributed by atoms with E-state index in [0.717, 1.165) is 37.7 Å². The molecule has 4 atom stereocenters. The summed E-state index contributed by atoms with van der Waals surface area (Å²) in [6.45, 7) is 11.7. The van der Waals surface area contributed by atoms with Crippen molar-refractivity contribution >= 4 is 17.7 Å². The molecule has 0 radical (unpaired) electrons. The number of esters is 1. The number of carbonyl (C=O) groups excluding carboxylic acids is 2. The van der Waals surface area contributed by atoms with Crippen molar-refractivity contribution in [3.8, 4) is 0 Å². The Balaban J connectivity index is 2.42. The van der Waals surface area contributed by atoms with Gasteiger partial charge in [-0.15, -0.1) is 0 Å². The number of hydrogen-bond acceptors (Lipinski definition) is 4. The fourth-order valence-corrected chi connectivity index (χ4v) is 5.67. The molecule has 0 amide bonds. The van der Waals surface area contributed by atoms with E-state index >= 15 is 0 Å². The Labute approximate surface area is 162 Å². The van der Waals surface area contributed by atoms with Crippen LogP contribution in [0.5, 0.6) is 0 Å². The van der Waals surface area contributed by atoms with Crippen molar-refractivity contribution in [2.24, 2.45) is 22.7 Å². The summed E-state index contributed by atoms with van der Waals surface area (Å²) in [6, 6.07) is 0. The normalized spacial score (nSPS) is 31.3. The van der Waals surface area contributed by atoms with Gasteiger partial charge in [-0.1, -0.05) is 39.7 Å². The number of carboxylic acid groups (broad SMARTS) is 1. The lowest BCUT2D eigenvalue weighted by Crippen LogP contribution is -2.56. The molecule has 0 aromatic rings. The van der Waals surface area contributed by atoms with Crippen LogP contribution in [0.4, 0.5) is 0 Å². The van der Waals surface area contributed by atoms with Crippen molar-refractivity contribution in [1.82, 2.24) is 0 Å². The first-order valence-corrected chi connectivity index (χ1v) is 10.0.